The lowest BCUT2D eigenvalue weighted by Gasteiger charge is -2.10. The van der Waals surface area contributed by atoms with Crippen molar-refractivity contribution in [3.8, 4) is 0 Å². The van der Waals surface area contributed by atoms with Crippen LogP contribution in [0.25, 0.3) is 5.57 Å². The molecule has 0 fully saturated rings. The first-order valence-corrected chi connectivity index (χ1v) is 6.93. The highest BCUT2D eigenvalue weighted by molar-refractivity contribution is 5.79. The maximum Gasteiger partial charge on any atom is 0.0380 e. The number of hydrogen-bond acceptors (Lipinski definition) is 1. The molecule has 1 heteroatoms. The number of hydrogen-bond donors (Lipinski definition) is 1. The van der Waals surface area contributed by atoms with Crippen LogP contribution in [0.5, 0.6) is 0 Å². The normalized spacial score (nSPS) is 12.3. The molecule has 0 unspecified atom stereocenters. The van der Waals surface area contributed by atoms with Gasteiger partial charge in [-0.15, -0.1) is 0 Å². The molecule has 0 heterocycles. The fourth-order valence-corrected chi connectivity index (χ4v) is 2.00. The zero-order chi connectivity index (χ0) is 14.4. The second-order valence-corrected chi connectivity index (χ2v) is 4.91. The Bertz CT molecular complexity index is 604. The van der Waals surface area contributed by atoms with E-state index in [0.29, 0.717) is 0 Å². The summed E-state index contributed by atoms with van der Waals surface area (Å²) in [7, 11) is 0. The van der Waals surface area contributed by atoms with Gasteiger partial charge in [0.2, 0.25) is 0 Å². The van der Waals surface area contributed by atoms with E-state index in [9.17, 15) is 0 Å². The van der Waals surface area contributed by atoms with Gasteiger partial charge in [0.1, 0.15) is 0 Å². The van der Waals surface area contributed by atoms with Crippen LogP contribution in [0.2, 0.25) is 0 Å². The molecule has 0 aliphatic rings. The van der Waals surface area contributed by atoms with Crippen LogP contribution in [-0.2, 0) is 0 Å². The number of rotatable bonds is 4. The predicted octanol–water partition coefficient (Wildman–Crippen LogP) is 5.41. The molecule has 1 N–H and O–H groups in total. The Balaban J connectivity index is 2.28. The van der Waals surface area contributed by atoms with Gasteiger partial charge in [-0.2, -0.15) is 0 Å². The van der Waals surface area contributed by atoms with Gasteiger partial charge in [-0.05, 0) is 44.0 Å². The van der Waals surface area contributed by atoms with Gasteiger partial charge in [0.15, 0.2) is 0 Å². The Hall–Kier alpha value is -2.28. The summed E-state index contributed by atoms with van der Waals surface area (Å²) in [5.74, 6) is 0. The first-order chi connectivity index (χ1) is 9.70. The second-order valence-electron chi connectivity index (χ2n) is 4.91. The minimum absolute atomic E-state index is 1.10. The van der Waals surface area contributed by atoms with E-state index in [1.807, 2.05) is 6.07 Å². The first kappa shape index (κ1) is 14.1. The Labute approximate surface area is 121 Å². The van der Waals surface area contributed by atoms with Crippen molar-refractivity contribution in [1.82, 2.24) is 0 Å². The standard InChI is InChI=1S/C19H21N/c1-4-16(3)19(17-8-6-5-7-9-17)14-20-18-12-10-15(2)11-13-18/h4-14,20H,1-3H3/b16-4-,19-14+. The van der Waals surface area contributed by atoms with Crippen LogP contribution in [0.1, 0.15) is 25.0 Å². The average Bonchev–Trinajstić information content (AvgIpc) is 2.50. The molecule has 0 amide bonds. The Morgan fingerprint density at radius 3 is 2.20 bits per heavy atom. The van der Waals surface area contributed by atoms with E-state index in [4.69, 9.17) is 0 Å². The maximum absolute atomic E-state index is 3.38. The van der Waals surface area contributed by atoms with Crippen molar-refractivity contribution in [2.45, 2.75) is 20.8 Å². The first-order valence-electron chi connectivity index (χ1n) is 6.93. The van der Waals surface area contributed by atoms with Crippen molar-refractivity contribution in [1.29, 1.82) is 0 Å². The highest BCUT2D eigenvalue weighted by atomic mass is 14.8. The number of nitrogens with one attached hydrogen (secondary N) is 1. The smallest absolute Gasteiger partial charge is 0.0380 e. The molecular formula is C19H21N. The zero-order valence-corrected chi connectivity index (χ0v) is 12.4. The van der Waals surface area contributed by atoms with E-state index in [-0.39, 0.29) is 0 Å². The van der Waals surface area contributed by atoms with Crippen molar-refractivity contribution < 1.29 is 0 Å². The topological polar surface area (TPSA) is 12.0 Å². The fourth-order valence-electron chi connectivity index (χ4n) is 2.00. The minimum Gasteiger partial charge on any atom is -0.361 e. The summed E-state index contributed by atoms with van der Waals surface area (Å²) >= 11 is 0. The van der Waals surface area contributed by atoms with Crippen LogP contribution in [0.4, 0.5) is 5.69 Å². The monoisotopic (exact) mass is 263 g/mol. The Kier molecular flexibility index (Phi) is 4.78. The van der Waals surface area contributed by atoms with Gasteiger partial charge in [0.25, 0.3) is 0 Å². The molecule has 0 aliphatic heterocycles. The molecule has 0 saturated heterocycles. The Morgan fingerprint density at radius 1 is 0.950 bits per heavy atom. The van der Waals surface area contributed by atoms with Crippen molar-refractivity contribution >= 4 is 11.3 Å². The Morgan fingerprint density at radius 2 is 1.60 bits per heavy atom. The van der Waals surface area contributed by atoms with Crippen molar-refractivity contribution in [2.75, 3.05) is 5.32 Å². The largest absolute Gasteiger partial charge is 0.361 e. The molecule has 0 aromatic heterocycles. The lowest BCUT2D eigenvalue weighted by molar-refractivity contribution is 1.43. The molecule has 0 saturated carbocycles. The van der Waals surface area contributed by atoms with Crippen molar-refractivity contribution in [3.05, 3.63) is 83.6 Å². The van der Waals surface area contributed by atoms with Crippen LogP contribution >= 0.6 is 0 Å². The van der Waals surface area contributed by atoms with Crippen LogP contribution in [0.15, 0.2) is 72.4 Å². The zero-order valence-electron chi connectivity index (χ0n) is 12.4. The summed E-state index contributed by atoms with van der Waals surface area (Å²) in [5, 5.41) is 3.38. The highest BCUT2D eigenvalue weighted by Gasteiger charge is 2.02. The lowest BCUT2D eigenvalue weighted by atomic mass is 10.00. The number of allylic oxidation sites excluding steroid dienone is 3. The average molecular weight is 263 g/mol. The third-order valence-electron chi connectivity index (χ3n) is 3.38. The van der Waals surface area contributed by atoms with E-state index in [1.54, 1.807) is 0 Å². The van der Waals surface area contributed by atoms with Crippen LogP contribution in [-0.4, -0.2) is 0 Å². The third kappa shape index (κ3) is 3.61. The highest BCUT2D eigenvalue weighted by Crippen LogP contribution is 2.23. The van der Waals surface area contributed by atoms with Gasteiger partial charge in [-0.25, -0.2) is 0 Å². The molecule has 0 atom stereocenters. The van der Waals surface area contributed by atoms with E-state index < -0.39 is 0 Å². The molecule has 2 aromatic rings. The van der Waals surface area contributed by atoms with Crippen LogP contribution in [0, 0.1) is 6.92 Å². The quantitative estimate of drug-likeness (QED) is 0.727. The summed E-state index contributed by atoms with van der Waals surface area (Å²) in [6, 6.07) is 18.9. The predicted molar refractivity (Wildman–Crippen MR) is 88.7 cm³/mol. The SMILES string of the molecule is C/C=C(C)\C(=C/Nc1ccc(C)cc1)c1ccccc1. The van der Waals surface area contributed by atoms with Gasteiger partial charge in [0, 0.05) is 17.5 Å². The van der Waals surface area contributed by atoms with Gasteiger partial charge in [-0.1, -0.05) is 54.1 Å². The maximum atomic E-state index is 3.38. The molecule has 20 heavy (non-hydrogen) atoms. The second kappa shape index (κ2) is 6.76. The molecule has 0 bridgehead atoms. The molecule has 1 nitrogen and oxygen atoms in total. The third-order valence-corrected chi connectivity index (χ3v) is 3.38. The summed E-state index contributed by atoms with van der Waals surface area (Å²) in [6.07, 6.45) is 4.21. The van der Waals surface area contributed by atoms with Crippen LogP contribution < -0.4 is 5.32 Å². The fraction of sp³-hybridized carbons (Fsp3) is 0.158. The van der Waals surface area contributed by atoms with E-state index >= 15 is 0 Å². The molecule has 2 rings (SSSR count). The van der Waals surface area contributed by atoms with Crippen molar-refractivity contribution in [2.24, 2.45) is 0 Å². The molecule has 0 spiro atoms. The lowest BCUT2D eigenvalue weighted by Crippen LogP contribution is -1.93. The molecular weight excluding hydrogens is 242 g/mol. The van der Waals surface area contributed by atoms with Crippen molar-refractivity contribution in [3.63, 3.8) is 0 Å². The molecule has 0 aliphatic carbocycles. The summed E-state index contributed by atoms with van der Waals surface area (Å²) in [6.45, 7) is 6.30. The van der Waals surface area contributed by atoms with Gasteiger partial charge in [-0.3, -0.25) is 0 Å². The number of benzene rings is 2. The van der Waals surface area contributed by atoms with Gasteiger partial charge >= 0.3 is 0 Å². The van der Waals surface area contributed by atoms with E-state index in [0.717, 1.165) is 5.69 Å². The molecule has 0 radical (unpaired) electrons. The molecule has 102 valence electrons. The molecule has 2 aromatic carbocycles. The number of anilines is 1. The van der Waals surface area contributed by atoms with Gasteiger partial charge in [0.05, 0.1) is 0 Å². The summed E-state index contributed by atoms with van der Waals surface area (Å²) in [5.41, 5.74) is 6.08. The summed E-state index contributed by atoms with van der Waals surface area (Å²) < 4.78 is 0. The van der Waals surface area contributed by atoms with E-state index in [2.05, 4.69) is 86.9 Å². The number of aryl methyl sites for hydroxylation is 1. The van der Waals surface area contributed by atoms with E-state index in [1.165, 1.54) is 22.3 Å². The summed E-state index contributed by atoms with van der Waals surface area (Å²) in [4.78, 5) is 0. The van der Waals surface area contributed by atoms with Gasteiger partial charge < -0.3 is 5.32 Å². The minimum atomic E-state index is 1.10. The van der Waals surface area contributed by atoms with Crippen LogP contribution in [0.3, 0.4) is 0 Å².